The molecule has 3 atom stereocenters. The van der Waals surface area contributed by atoms with Gasteiger partial charge in [-0.15, -0.1) is 0 Å². The summed E-state index contributed by atoms with van der Waals surface area (Å²) in [7, 11) is 0. The van der Waals surface area contributed by atoms with Gasteiger partial charge in [-0.1, -0.05) is 26.7 Å². The van der Waals surface area contributed by atoms with Gasteiger partial charge in [-0.3, -0.25) is 9.59 Å². The summed E-state index contributed by atoms with van der Waals surface area (Å²) in [4.78, 5) is 23.0. The summed E-state index contributed by atoms with van der Waals surface area (Å²) in [5.74, 6) is 1.09. The molecule has 3 N–H and O–H groups in total. The number of carbonyl (C=O) groups is 2. The maximum atomic E-state index is 12.0. The van der Waals surface area contributed by atoms with E-state index in [-0.39, 0.29) is 18.6 Å². The van der Waals surface area contributed by atoms with Gasteiger partial charge >= 0.3 is 0 Å². The quantitative estimate of drug-likeness (QED) is 0.874. The molecular formula is C17H24N2O3. The van der Waals surface area contributed by atoms with Gasteiger partial charge in [0, 0.05) is 11.6 Å². The van der Waals surface area contributed by atoms with Crippen LogP contribution in [-0.2, 0) is 4.79 Å². The van der Waals surface area contributed by atoms with Crippen LogP contribution in [0.3, 0.4) is 0 Å². The van der Waals surface area contributed by atoms with Gasteiger partial charge in [0.2, 0.25) is 5.91 Å². The molecule has 0 spiro atoms. The zero-order valence-corrected chi connectivity index (χ0v) is 13.2. The lowest BCUT2D eigenvalue weighted by Crippen LogP contribution is -2.45. The number of amides is 2. The lowest BCUT2D eigenvalue weighted by Gasteiger charge is -2.34. The van der Waals surface area contributed by atoms with Crippen LogP contribution >= 0.6 is 0 Å². The van der Waals surface area contributed by atoms with Gasteiger partial charge in [-0.05, 0) is 42.5 Å². The minimum atomic E-state index is -0.482. The Labute approximate surface area is 131 Å². The Hall–Kier alpha value is -2.04. The van der Waals surface area contributed by atoms with Gasteiger partial charge in [0.15, 0.2) is 6.61 Å². The van der Waals surface area contributed by atoms with Gasteiger partial charge in [-0.25, -0.2) is 0 Å². The average Bonchev–Trinajstić information content (AvgIpc) is 2.50. The Bertz CT molecular complexity index is 527. The van der Waals surface area contributed by atoms with Crippen molar-refractivity contribution in [2.75, 3.05) is 6.61 Å². The number of nitrogens with two attached hydrogens (primary N) is 1. The van der Waals surface area contributed by atoms with Gasteiger partial charge in [0.25, 0.3) is 5.91 Å². The van der Waals surface area contributed by atoms with Gasteiger partial charge in [0.05, 0.1) is 0 Å². The monoisotopic (exact) mass is 304 g/mol. The van der Waals surface area contributed by atoms with Crippen molar-refractivity contribution in [3.05, 3.63) is 29.8 Å². The number of nitrogens with one attached hydrogen (secondary N) is 1. The number of hydrogen-bond donors (Lipinski definition) is 2. The van der Waals surface area contributed by atoms with Crippen LogP contribution in [0.4, 0.5) is 0 Å². The van der Waals surface area contributed by atoms with Crippen molar-refractivity contribution in [3.63, 3.8) is 0 Å². The van der Waals surface area contributed by atoms with Crippen molar-refractivity contribution >= 4 is 11.8 Å². The van der Waals surface area contributed by atoms with Crippen LogP contribution in [-0.4, -0.2) is 24.5 Å². The smallest absolute Gasteiger partial charge is 0.258 e. The van der Waals surface area contributed by atoms with Crippen molar-refractivity contribution in [2.45, 2.75) is 39.2 Å². The second-order valence-electron chi connectivity index (χ2n) is 6.12. The van der Waals surface area contributed by atoms with E-state index in [1.54, 1.807) is 24.3 Å². The Morgan fingerprint density at radius 2 is 1.91 bits per heavy atom. The van der Waals surface area contributed by atoms with E-state index in [9.17, 15) is 9.59 Å². The second kappa shape index (κ2) is 7.29. The van der Waals surface area contributed by atoms with E-state index in [0.717, 1.165) is 12.8 Å². The van der Waals surface area contributed by atoms with Crippen LogP contribution in [0.1, 0.15) is 43.5 Å². The van der Waals surface area contributed by atoms with E-state index in [1.165, 1.54) is 6.42 Å². The fraction of sp³-hybridized carbons (Fsp3) is 0.529. The Morgan fingerprint density at radius 3 is 2.55 bits per heavy atom. The summed E-state index contributed by atoms with van der Waals surface area (Å²) in [5, 5.41) is 3.06. The van der Waals surface area contributed by atoms with Gasteiger partial charge in [-0.2, -0.15) is 0 Å². The van der Waals surface area contributed by atoms with Crippen molar-refractivity contribution in [1.29, 1.82) is 0 Å². The number of ether oxygens (including phenoxy) is 1. The van der Waals surface area contributed by atoms with Gasteiger partial charge < -0.3 is 15.8 Å². The van der Waals surface area contributed by atoms with E-state index in [2.05, 4.69) is 19.2 Å². The van der Waals surface area contributed by atoms with Gasteiger partial charge in [0.1, 0.15) is 5.75 Å². The molecular weight excluding hydrogens is 280 g/mol. The van der Waals surface area contributed by atoms with E-state index >= 15 is 0 Å². The summed E-state index contributed by atoms with van der Waals surface area (Å²) in [5.41, 5.74) is 5.59. The summed E-state index contributed by atoms with van der Waals surface area (Å²) >= 11 is 0. The summed E-state index contributed by atoms with van der Waals surface area (Å²) in [6.07, 6.45) is 3.42. The van der Waals surface area contributed by atoms with Crippen molar-refractivity contribution < 1.29 is 14.3 Å². The molecule has 2 rings (SSSR count). The Morgan fingerprint density at radius 1 is 1.23 bits per heavy atom. The number of benzene rings is 1. The minimum absolute atomic E-state index is 0.0203. The van der Waals surface area contributed by atoms with Crippen LogP contribution < -0.4 is 15.8 Å². The third kappa shape index (κ3) is 4.23. The third-order valence-corrected chi connectivity index (χ3v) is 4.56. The molecule has 0 heterocycles. The summed E-state index contributed by atoms with van der Waals surface area (Å²) in [6.45, 7) is 4.41. The van der Waals surface area contributed by atoms with Crippen LogP contribution in [0.2, 0.25) is 0 Å². The normalized spacial score (nSPS) is 24.5. The van der Waals surface area contributed by atoms with E-state index < -0.39 is 5.91 Å². The second-order valence-corrected chi connectivity index (χ2v) is 6.12. The number of carbonyl (C=O) groups excluding carboxylic acids is 2. The fourth-order valence-corrected chi connectivity index (χ4v) is 2.90. The molecule has 0 bridgehead atoms. The lowest BCUT2D eigenvalue weighted by atomic mass is 9.78. The van der Waals surface area contributed by atoms with E-state index in [4.69, 9.17) is 10.5 Å². The molecule has 120 valence electrons. The summed E-state index contributed by atoms with van der Waals surface area (Å²) in [6, 6.07) is 6.68. The van der Waals surface area contributed by atoms with Crippen molar-refractivity contribution in [2.24, 2.45) is 17.6 Å². The maximum Gasteiger partial charge on any atom is 0.258 e. The molecule has 0 unspecified atom stereocenters. The molecule has 0 saturated heterocycles. The highest BCUT2D eigenvalue weighted by Crippen LogP contribution is 2.29. The zero-order chi connectivity index (χ0) is 16.1. The number of hydrogen-bond acceptors (Lipinski definition) is 3. The minimum Gasteiger partial charge on any atom is -0.484 e. The van der Waals surface area contributed by atoms with E-state index in [0.29, 0.717) is 23.1 Å². The highest BCUT2D eigenvalue weighted by Gasteiger charge is 2.28. The Balaban J connectivity index is 1.81. The van der Waals surface area contributed by atoms with E-state index in [1.807, 2.05) is 0 Å². The highest BCUT2D eigenvalue weighted by atomic mass is 16.5. The first-order valence-corrected chi connectivity index (χ1v) is 7.79. The molecule has 2 amide bonds. The molecule has 1 saturated carbocycles. The predicted molar refractivity (Wildman–Crippen MR) is 84.6 cm³/mol. The van der Waals surface area contributed by atoms with Crippen LogP contribution in [0, 0.1) is 11.8 Å². The molecule has 5 heteroatoms. The largest absolute Gasteiger partial charge is 0.484 e. The highest BCUT2D eigenvalue weighted by molar-refractivity contribution is 5.92. The maximum absolute atomic E-state index is 12.0. The van der Waals surface area contributed by atoms with Crippen molar-refractivity contribution in [3.8, 4) is 5.75 Å². The first-order valence-electron chi connectivity index (χ1n) is 7.79. The average molecular weight is 304 g/mol. The first kappa shape index (κ1) is 16.3. The summed E-state index contributed by atoms with van der Waals surface area (Å²) < 4.78 is 5.44. The molecule has 1 aromatic carbocycles. The molecule has 1 aromatic rings. The lowest BCUT2D eigenvalue weighted by molar-refractivity contribution is -0.124. The standard InChI is InChI=1S/C17H24N2O3/c1-11-4-3-5-15(12(11)2)19-16(20)10-22-14-8-6-13(7-9-14)17(18)21/h6-9,11-12,15H,3-5,10H2,1-2H3,(H2,18,21)(H,19,20)/t11-,12-,15-/m1/s1. The zero-order valence-electron chi connectivity index (χ0n) is 13.2. The molecule has 1 fully saturated rings. The van der Waals surface area contributed by atoms with Crippen LogP contribution in [0.5, 0.6) is 5.75 Å². The van der Waals surface area contributed by atoms with Crippen LogP contribution in [0.25, 0.3) is 0 Å². The first-order chi connectivity index (χ1) is 10.5. The SMILES string of the molecule is C[C@@H]1[C@H](C)CCC[C@H]1NC(=O)COc1ccc(C(N)=O)cc1. The Kier molecular flexibility index (Phi) is 5.41. The fourth-order valence-electron chi connectivity index (χ4n) is 2.90. The topological polar surface area (TPSA) is 81.4 Å². The third-order valence-electron chi connectivity index (χ3n) is 4.56. The molecule has 0 aliphatic heterocycles. The molecule has 1 aliphatic carbocycles. The van der Waals surface area contributed by atoms with Crippen LogP contribution in [0.15, 0.2) is 24.3 Å². The molecule has 0 aromatic heterocycles. The van der Waals surface area contributed by atoms with Crippen molar-refractivity contribution in [1.82, 2.24) is 5.32 Å². The predicted octanol–water partition coefficient (Wildman–Crippen LogP) is 2.11. The molecule has 22 heavy (non-hydrogen) atoms. The number of rotatable bonds is 5. The number of primary amides is 1. The molecule has 1 aliphatic rings. The molecule has 5 nitrogen and oxygen atoms in total. The molecule has 0 radical (unpaired) electrons.